The van der Waals surface area contributed by atoms with Gasteiger partial charge in [-0.05, 0) is 18.4 Å². The maximum absolute atomic E-state index is 13.0. The van der Waals surface area contributed by atoms with E-state index >= 15 is 0 Å². The minimum atomic E-state index is -4.83. The van der Waals surface area contributed by atoms with Gasteiger partial charge >= 0.3 is 6.18 Å². The molecule has 0 aromatic carbocycles. The number of allylic oxidation sites excluding steroid dienone is 1. The summed E-state index contributed by atoms with van der Waals surface area (Å²) in [5, 5.41) is 0. The first-order valence-electron chi connectivity index (χ1n) is 7.19. The van der Waals surface area contributed by atoms with Gasteiger partial charge in [0.25, 0.3) is 5.91 Å². The van der Waals surface area contributed by atoms with Crippen LogP contribution in [0.25, 0.3) is 0 Å². The topological polar surface area (TPSA) is 84.7 Å². The highest BCUT2D eigenvalue weighted by atomic mass is 19.4. The number of carbonyl (C=O) groups is 1. The Morgan fingerprint density at radius 2 is 2.04 bits per heavy atom. The number of halogens is 4. The molecule has 1 saturated carbocycles. The van der Waals surface area contributed by atoms with E-state index in [1.807, 2.05) is 0 Å². The van der Waals surface area contributed by atoms with Crippen LogP contribution in [0.4, 0.5) is 17.6 Å². The molecule has 128 valence electrons. The molecule has 2 fully saturated rings. The second-order valence-electron chi connectivity index (χ2n) is 5.50. The summed E-state index contributed by atoms with van der Waals surface area (Å²) < 4.78 is 51.4. The van der Waals surface area contributed by atoms with Gasteiger partial charge in [0.2, 0.25) is 0 Å². The third kappa shape index (κ3) is 3.90. The molecule has 1 aliphatic heterocycles. The third-order valence-corrected chi connectivity index (χ3v) is 3.80. The predicted molar refractivity (Wildman–Crippen MR) is 77.2 cm³/mol. The van der Waals surface area contributed by atoms with Gasteiger partial charge in [-0.2, -0.15) is 13.2 Å². The van der Waals surface area contributed by atoms with E-state index < -0.39 is 23.4 Å². The van der Waals surface area contributed by atoms with Crippen molar-refractivity contribution in [2.45, 2.75) is 31.5 Å². The molecule has 1 amide bonds. The van der Waals surface area contributed by atoms with Gasteiger partial charge in [-0.1, -0.05) is 0 Å². The number of piperidine rings is 1. The van der Waals surface area contributed by atoms with Gasteiger partial charge in [0.1, 0.15) is 5.70 Å². The van der Waals surface area contributed by atoms with Crippen LogP contribution in [0.1, 0.15) is 19.3 Å². The summed E-state index contributed by atoms with van der Waals surface area (Å²) in [6, 6.07) is -0.0228. The lowest BCUT2D eigenvalue weighted by molar-refractivity contribution is -0.129. The Kier molecular flexibility index (Phi) is 5.08. The summed E-state index contributed by atoms with van der Waals surface area (Å²) in [5.74, 6) is -0.758. The maximum atomic E-state index is 13.0. The number of likely N-dealkylation sites (tertiary alicyclic amines) is 1. The Labute approximate surface area is 130 Å². The molecule has 9 heteroatoms. The van der Waals surface area contributed by atoms with E-state index in [0.717, 1.165) is 12.8 Å². The molecule has 0 aromatic rings. The summed E-state index contributed by atoms with van der Waals surface area (Å²) in [6.45, 7) is -0.0226. The van der Waals surface area contributed by atoms with E-state index in [1.54, 1.807) is 0 Å². The van der Waals surface area contributed by atoms with Crippen LogP contribution in [0.5, 0.6) is 0 Å². The number of rotatable bonds is 4. The maximum Gasteiger partial charge on any atom is 0.431 e. The van der Waals surface area contributed by atoms with Crippen LogP contribution in [0.3, 0.4) is 0 Å². The van der Waals surface area contributed by atoms with E-state index in [2.05, 4.69) is 4.99 Å². The van der Waals surface area contributed by atoms with Crippen LogP contribution >= 0.6 is 0 Å². The van der Waals surface area contributed by atoms with Gasteiger partial charge in [0, 0.05) is 25.6 Å². The lowest BCUT2D eigenvalue weighted by Gasteiger charge is -2.30. The molecular formula is C14H18F4N4O. The van der Waals surface area contributed by atoms with Crippen LogP contribution in [-0.4, -0.2) is 48.4 Å². The zero-order valence-corrected chi connectivity index (χ0v) is 12.4. The van der Waals surface area contributed by atoms with Crippen LogP contribution in [0.2, 0.25) is 0 Å². The summed E-state index contributed by atoms with van der Waals surface area (Å²) in [6.07, 6.45) is -2.86. The lowest BCUT2D eigenvalue weighted by atomic mass is 9.98. The largest absolute Gasteiger partial charge is 0.431 e. The molecule has 2 aliphatic rings. The standard InChI is InChI=1S/C14H18F4N4O/c15-5-8(6-19)7-21-10-3-4-22(9-1-2-9)13(23)11(10)12(20)14(16,17)18/h5,9H,1-4,6-7,19-20H2/b8-5+,12-11?,21-10?. The molecule has 0 aromatic heterocycles. The van der Waals surface area contributed by atoms with Gasteiger partial charge in [0.05, 0.1) is 24.2 Å². The molecule has 1 heterocycles. The van der Waals surface area contributed by atoms with Crippen LogP contribution in [-0.2, 0) is 4.79 Å². The number of hydrogen-bond donors (Lipinski definition) is 2. The number of carbonyl (C=O) groups excluding carboxylic acids is 1. The van der Waals surface area contributed by atoms with E-state index in [4.69, 9.17) is 11.5 Å². The second kappa shape index (κ2) is 6.69. The van der Waals surface area contributed by atoms with Gasteiger partial charge in [-0.25, -0.2) is 4.39 Å². The summed E-state index contributed by atoms with van der Waals surface area (Å²) in [4.78, 5) is 17.7. The van der Waals surface area contributed by atoms with Crippen molar-refractivity contribution in [3.8, 4) is 0 Å². The number of aliphatic imine (C=N–C) groups is 1. The molecule has 1 aliphatic carbocycles. The zero-order valence-electron chi connectivity index (χ0n) is 12.4. The minimum absolute atomic E-state index is 0.0228. The van der Waals surface area contributed by atoms with Gasteiger partial charge in [0.15, 0.2) is 0 Å². The van der Waals surface area contributed by atoms with Crippen molar-refractivity contribution in [1.82, 2.24) is 4.90 Å². The first kappa shape index (κ1) is 17.5. The predicted octanol–water partition coefficient (Wildman–Crippen LogP) is 1.41. The van der Waals surface area contributed by atoms with Crippen molar-refractivity contribution in [2.75, 3.05) is 19.6 Å². The SMILES string of the molecule is NC/C(=C\F)CN=C1CCN(C2CC2)C(=O)C1=C(N)C(F)(F)F. The normalized spacial score (nSPS) is 24.4. The lowest BCUT2D eigenvalue weighted by Crippen LogP contribution is -2.45. The highest BCUT2D eigenvalue weighted by Gasteiger charge is 2.44. The van der Waals surface area contributed by atoms with Crippen molar-refractivity contribution in [1.29, 1.82) is 0 Å². The molecule has 0 bridgehead atoms. The van der Waals surface area contributed by atoms with Crippen LogP contribution in [0, 0.1) is 0 Å². The smallest absolute Gasteiger partial charge is 0.394 e. The van der Waals surface area contributed by atoms with E-state index in [1.165, 1.54) is 4.90 Å². The van der Waals surface area contributed by atoms with Crippen molar-refractivity contribution in [3.63, 3.8) is 0 Å². The average molecular weight is 334 g/mol. The number of hydrogen-bond acceptors (Lipinski definition) is 4. The van der Waals surface area contributed by atoms with Crippen LogP contribution < -0.4 is 11.5 Å². The monoisotopic (exact) mass is 334 g/mol. The molecule has 0 atom stereocenters. The van der Waals surface area contributed by atoms with E-state index in [9.17, 15) is 22.4 Å². The van der Waals surface area contributed by atoms with Crippen LogP contribution in [0.15, 0.2) is 28.2 Å². The highest BCUT2D eigenvalue weighted by Crippen LogP contribution is 2.34. The minimum Gasteiger partial charge on any atom is -0.394 e. The van der Waals surface area contributed by atoms with Gasteiger partial charge in [-0.3, -0.25) is 9.79 Å². The number of amides is 1. The Balaban J connectivity index is 2.36. The summed E-state index contributed by atoms with van der Waals surface area (Å²) in [5.41, 5.74) is 8.47. The van der Waals surface area contributed by atoms with Crippen molar-refractivity contribution >= 4 is 11.6 Å². The molecule has 4 N–H and O–H groups in total. The Bertz CT molecular complexity index is 576. The number of nitrogens with two attached hydrogens (primary N) is 2. The van der Waals surface area contributed by atoms with Gasteiger partial charge in [-0.15, -0.1) is 0 Å². The molecule has 23 heavy (non-hydrogen) atoms. The fourth-order valence-electron chi connectivity index (χ4n) is 2.37. The molecular weight excluding hydrogens is 316 g/mol. The number of alkyl halides is 3. The first-order valence-corrected chi connectivity index (χ1v) is 7.19. The second-order valence-corrected chi connectivity index (χ2v) is 5.50. The first-order chi connectivity index (χ1) is 10.8. The highest BCUT2D eigenvalue weighted by molar-refractivity contribution is 6.23. The fourth-order valence-corrected chi connectivity index (χ4v) is 2.37. The van der Waals surface area contributed by atoms with E-state index in [-0.39, 0.29) is 49.7 Å². The molecule has 5 nitrogen and oxygen atoms in total. The zero-order chi connectivity index (χ0) is 17.2. The molecule has 0 unspecified atom stereocenters. The Morgan fingerprint density at radius 1 is 1.39 bits per heavy atom. The summed E-state index contributed by atoms with van der Waals surface area (Å²) in [7, 11) is 0. The Hall–Kier alpha value is -1.90. The quantitative estimate of drug-likeness (QED) is 0.602. The average Bonchev–Trinajstić information content (AvgIpc) is 3.31. The van der Waals surface area contributed by atoms with Crippen molar-refractivity contribution in [3.05, 3.63) is 23.2 Å². The molecule has 1 saturated heterocycles. The van der Waals surface area contributed by atoms with Crippen molar-refractivity contribution in [2.24, 2.45) is 16.5 Å². The van der Waals surface area contributed by atoms with Crippen molar-refractivity contribution < 1.29 is 22.4 Å². The number of nitrogens with zero attached hydrogens (tertiary/aromatic N) is 2. The Morgan fingerprint density at radius 3 is 2.52 bits per heavy atom. The van der Waals surface area contributed by atoms with Gasteiger partial charge < -0.3 is 16.4 Å². The summed E-state index contributed by atoms with van der Waals surface area (Å²) >= 11 is 0. The third-order valence-electron chi connectivity index (χ3n) is 3.80. The fraction of sp³-hybridized carbons (Fsp3) is 0.571. The molecule has 0 radical (unpaired) electrons. The molecule has 2 rings (SSSR count). The molecule has 0 spiro atoms. The van der Waals surface area contributed by atoms with E-state index in [0.29, 0.717) is 0 Å².